The molecule has 0 radical (unpaired) electrons. The molecule has 0 unspecified atom stereocenters. The molecular formula is C12H21N5O2. The van der Waals surface area contributed by atoms with E-state index in [9.17, 15) is 9.59 Å². The molecule has 0 bridgehead atoms. The van der Waals surface area contributed by atoms with E-state index in [4.69, 9.17) is 0 Å². The smallest absolute Gasteiger partial charge is 0.268 e. The van der Waals surface area contributed by atoms with Crippen LogP contribution in [0.15, 0.2) is 17.1 Å². The molecular weight excluding hydrogens is 246 g/mol. The molecule has 0 saturated heterocycles. The lowest BCUT2D eigenvalue weighted by Crippen LogP contribution is -2.25. The summed E-state index contributed by atoms with van der Waals surface area (Å²) in [4.78, 5) is 22.8. The molecule has 7 nitrogen and oxygen atoms in total. The number of carbonyl (C=O) groups is 1. The second kappa shape index (κ2) is 8.25. The van der Waals surface area contributed by atoms with Gasteiger partial charge in [0.05, 0.1) is 11.9 Å². The molecule has 0 aliphatic heterocycles. The number of anilines is 1. The number of nitrogens with one attached hydrogen (secondary N) is 3. The van der Waals surface area contributed by atoms with Crippen LogP contribution < -0.4 is 21.5 Å². The lowest BCUT2D eigenvalue weighted by Gasteiger charge is -2.07. The predicted molar refractivity (Wildman–Crippen MR) is 74.2 cm³/mol. The Bertz CT molecular complexity index is 458. The zero-order chi connectivity index (χ0) is 14.1. The zero-order valence-electron chi connectivity index (χ0n) is 11.4. The SMILES string of the molecule is CNCCNc1cnn(CCCC(=O)NC)c(=O)c1. The van der Waals surface area contributed by atoms with Gasteiger partial charge in [-0.3, -0.25) is 9.59 Å². The summed E-state index contributed by atoms with van der Waals surface area (Å²) < 4.78 is 1.37. The van der Waals surface area contributed by atoms with Crippen LogP contribution in [0.1, 0.15) is 12.8 Å². The quantitative estimate of drug-likeness (QED) is 0.547. The van der Waals surface area contributed by atoms with E-state index in [1.165, 1.54) is 10.7 Å². The minimum atomic E-state index is -0.161. The van der Waals surface area contributed by atoms with E-state index in [0.717, 1.165) is 13.1 Å². The third kappa shape index (κ3) is 5.52. The van der Waals surface area contributed by atoms with E-state index in [1.54, 1.807) is 13.2 Å². The number of hydrogen-bond acceptors (Lipinski definition) is 5. The summed E-state index contributed by atoms with van der Waals surface area (Å²) in [7, 11) is 3.46. The minimum Gasteiger partial charge on any atom is -0.382 e. The second-order valence-corrected chi connectivity index (χ2v) is 4.11. The Kier molecular flexibility index (Phi) is 6.59. The highest BCUT2D eigenvalue weighted by Gasteiger charge is 2.02. The highest BCUT2D eigenvalue weighted by atomic mass is 16.1. The molecule has 1 aromatic rings. The first-order valence-electron chi connectivity index (χ1n) is 6.33. The van der Waals surface area contributed by atoms with Crippen molar-refractivity contribution in [2.75, 3.05) is 32.5 Å². The Labute approximate surface area is 112 Å². The van der Waals surface area contributed by atoms with Crippen molar-refractivity contribution in [3.05, 3.63) is 22.6 Å². The molecule has 0 fully saturated rings. The van der Waals surface area contributed by atoms with Gasteiger partial charge >= 0.3 is 0 Å². The molecule has 0 aromatic carbocycles. The average molecular weight is 267 g/mol. The van der Waals surface area contributed by atoms with E-state index < -0.39 is 0 Å². The van der Waals surface area contributed by atoms with Gasteiger partial charge in [0.2, 0.25) is 5.91 Å². The highest BCUT2D eigenvalue weighted by Crippen LogP contribution is 1.99. The lowest BCUT2D eigenvalue weighted by atomic mass is 10.3. The van der Waals surface area contributed by atoms with Crippen LogP contribution in [0, 0.1) is 0 Å². The van der Waals surface area contributed by atoms with E-state index in [2.05, 4.69) is 21.0 Å². The van der Waals surface area contributed by atoms with Crippen molar-refractivity contribution in [1.29, 1.82) is 0 Å². The largest absolute Gasteiger partial charge is 0.382 e. The molecule has 0 saturated carbocycles. The maximum absolute atomic E-state index is 11.8. The fraction of sp³-hybridized carbons (Fsp3) is 0.583. The van der Waals surface area contributed by atoms with Gasteiger partial charge in [-0.05, 0) is 13.5 Å². The van der Waals surface area contributed by atoms with Gasteiger partial charge in [-0.1, -0.05) is 0 Å². The number of aryl methyl sites for hydroxylation is 1. The highest BCUT2D eigenvalue weighted by molar-refractivity contribution is 5.75. The number of nitrogens with zero attached hydrogens (tertiary/aromatic N) is 2. The Hall–Kier alpha value is -1.89. The number of hydrogen-bond donors (Lipinski definition) is 3. The molecule has 19 heavy (non-hydrogen) atoms. The monoisotopic (exact) mass is 267 g/mol. The fourth-order valence-electron chi connectivity index (χ4n) is 1.54. The molecule has 1 heterocycles. The second-order valence-electron chi connectivity index (χ2n) is 4.11. The summed E-state index contributed by atoms with van der Waals surface area (Å²) in [6.07, 6.45) is 2.61. The molecule has 1 amide bonds. The van der Waals surface area contributed by atoms with Gasteiger partial charge in [-0.2, -0.15) is 5.10 Å². The molecule has 0 spiro atoms. The molecule has 3 N–H and O–H groups in total. The Morgan fingerprint density at radius 2 is 2.16 bits per heavy atom. The van der Waals surface area contributed by atoms with Crippen LogP contribution in [0.3, 0.4) is 0 Å². The average Bonchev–Trinajstić information content (AvgIpc) is 2.41. The third-order valence-electron chi connectivity index (χ3n) is 2.63. The number of rotatable bonds is 8. The molecule has 0 aliphatic carbocycles. The van der Waals surface area contributed by atoms with E-state index in [0.29, 0.717) is 25.1 Å². The van der Waals surface area contributed by atoms with Gasteiger partial charge in [-0.25, -0.2) is 4.68 Å². The number of amides is 1. The van der Waals surface area contributed by atoms with Crippen LogP contribution >= 0.6 is 0 Å². The van der Waals surface area contributed by atoms with Crippen LogP contribution in [0.2, 0.25) is 0 Å². The molecule has 7 heteroatoms. The number of aromatic nitrogens is 2. The van der Waals surface area contributed by atoms with Gasteiger partial charge < -0.3 is 16.0 Å². The van der Waals surface area contributed by atoms with Crippen molar-refractivity contribution in [3.63, 3.8) is 0 Å². The van der Waals surface area contributed by atoms with E-state index >= 15 is 0 Å². The van der Waals surface area contributed by atoms with Crippen LogP contribution in [0.25, 0.3) is 0 Å². The predicted octanol–water partition coefficient (Wildman–Crippen LogP) is -0.599. The van der Waals surface area contributed by atoms with E-state index in [1.807, 2.05) is 7.05 Å². The first-order valence-corrected chi connectivity index (χ1v) is 6.33. The number of likely N-dealkylation sites (N-methyl/N-ethyl adjacent to an activating group) is 1. The maximum Gasteiger partial charge on any atom is 0.268 e. The number of carbonyl (C=O) groups excluding carboxylic acids is 1. The van der Waals surface area contributed by atoms with Gasteiger partial charge in [-0.15, -0.1) is 0 Å². The lowest BCUT2D eigenvalue weighted by molar-refractivity contribution is -0.120. The van der Waals surface area contributed by atoms with Crippen molar-refractivity contribution < 1.29 is 4.79 Å². The van der Waals surface area contributed by atoms with E-state index in [-0.39, 0.29) is 11.5 Å². The van der Waals surface area contributed by atoms with Crippen molar-refractivity contribution in [2.24, 2.45) is 0 Å². The molecule has 106 valence electrons. The summed E-state index contributed by atoms with van der Waals surface area (Å²) in [5.41, 5.74) is 0.550. The molecule has 0 aliphatic rings. The summed E-state index contributed by atoms with van der Waals surface area (Å²) in [5.74, 6) is -0.0293. The van der Waals surface area contributed by atoms with Crippen molar-refractivity contribution in [3.8, 4) is 0 Å². The van der Waals surface area contributed by atoms with Crippen LogP contribution in [0.4, 0.5) is 5.69 Å². The van der Waals surface area contributed by atoms with Crippen molar-refractivity contribution >= 4 is 11.6 Å². The van der Waals surface area contributed by atoms with Gasteiger partial charge in [0.1, 0.15) is 0 Å². The third-order valence-corrected chi connectivity index (χ3v) is 2.63. The van der Waals surface area contributed by atoms with Crippen molar-refractivity contribution in [1.82, 2.24) is 20.4 Å². The fourth-order valence-corrected chi connectivity index (χ4v) is 1.54. The van der Waals surface area contributed by atoms with Crippen LogP contribution in [0.5, 0.6) is 0 Å². The Morgan fingerprint density at radius 3 is 2.79 bits per heavy atom. The summed E-state index contributed by atoms with van der Waals surface area (Å²) >= 11 is 0. The Morgan fingerprint density at radius 1 is 1.37 bits per heavy atom. The Balaban J connectivity index is 2.48. The summed E-state index contributed by atoms with van der Waals surface area (Å²) in [6.45, 7) is 2.00. The summed E-state index contributed by atoms with van der Waals surface area (Å²) in [5, 5.41) is 12.7. The van der Waals surface area contributed by atoms with Crippen LogP contribution in [-0.2, 0) is 11.3 Å². The van der Waals surface area contributed by atoms with Gasteiger partial charge in [0.15, 0.2) is 0 Å². The van der Waals surface area contributed by atoms with Gasteiger partial charge in [0, 0.05) is 39.2 Å². The molecule has 0 atom stereocenters. The van der Waals surface area contributed by atoms with Crippen molar-refractivity contribution in [2.45, 2.75) is 19.4 Å². The first-order chi connectivity index (χ1) is 9.17. The summed E-state index contributed by atoms with van der Waals surface area (Å²) in [6, 6.07) is 1.52. The normalized spacial score (nSPS) is 10.2. The molecule has 1 rings (SSSR count). The standard InChI is InChI=1S/C12H21N5O2/c1-13-5-6-15-10-8-12(19)17(16-9-10)7-3-4-11(18)14-2/h8-9,13,15H,3-7H2,1-2H3,(H,14,18). The van der Waals surface area contributed by atoms with Gasteiger partial charge in [0.25, 0.3) is 5.56 Å². The zero-order valence-corrected chi connectivity index (χ0v) is 11.4. The first kappa shape index (κ1) is 15.2. The minimum absolute atomic E-state index is 0.0293. The maximum atomic E-state index is 11.8. The molecule has 1 aromatic heterocycles. The topological polar surface area (TPSA) is 88.1 Å². The van der Waals surface area contributed by atoms with Crippen LogP contribution in [-0.4, -0.2) is 42.9 Å².